The normalized spacial score (nSPS) is 17.0. The number of β-amino-alcohol motifs (C(OH)–C–C–N with tert-alkyl or cyclic N) is 1. The average Bonchev–Trinajstić information content (AvgIpc) is 3.03. The van der Waals surface area contributed by atoms with Gasteiger partial charge in [0.1, 0.15) is 0 Å². The third kappa shape index (κ3) is 3.97. The molecule has 1 saturated heterocycles. The molecule has 0 radical (unpaired) electrons. The predicted molar refractivity (Wildman–Crippen MR) is 126 cm³/mol. The number of aryl methyl sites for hydroxylation is 1. The molecule has 0 saturated carbocycles. The first-order chi connectivity index (χ1) is 14.7. The molecule has 0 aliphatic carbocycles. The van der Waals surface area contributed by atoms with E-state index in [0.29, 0.717) is 12.5 Å². The maximum absolute atomic E-state index is 9.69. The number of aliphatic hydroxyl groups excluding tert-OH is 1. The molecular formula is C22H29AsClN5O2. The summed E-state index contributed by atoms with van der Waals surface area (Å²) in [7, 11) is 1.72. The van der Waals surface area contributed by atoms with Crippen molar-refractivity contribution in [3.8, 4) is 5.75 Å². The molecule has 0 bridgehead atoms. The van der Waals surface area contributed by atoms with Crippen LogP contribution in [0.3, 0.4) is 0 Å². The topological polar surface area (TPSA) is 76.3 Å². The Balaban J connectivity index is 1.78. The van der Waals surface area contributed by atoms with Gasteiger partial charge in [0.15, 0.2) is 0 Å². The average molecular weight is 506 g/mol. The number of halogens is 1. The van der Waals surface area contributed by atoms with Crippen LogP contribution in [-0.4, -0.2) is 79.5 Å². The van der Waals surface area contributed by atoms with Crippen LogP contribution in [0.25, 0.3) is 11.0 Å². The molecule has 31 heavy (non-hydrogen) atoms. The van der Waals surface area contributed by atoms with Crippen LogP contribution in [0.1, 0.15) is 48.2 Å². The van der Waals surface area contributed by atoms with Gasteiger partial charge in [0.25, 0.3) is 0 Å². The third-order valence-electron chi connectivity index (χ3n) is 6.15. The molecule has 3 heterocycles. The molecule has 1 N–H and O–H groups in total. The summed E-state index contributed by atoms with van der Waals surface area (Å²) in [5.41, 5.74) is 4.95. The van der Waals surface area contributed by atoms with Crippen LogP contribution in [0.15, 0.2) is 12.4 Å². The van der Waals surface area contributed by atoms with Gasteiger partial charge in [0.05, 0.1) is 6.10 Å². The first-order valence-electron chi connectivity index (χ1n) is 10.5. The van der Waals surface area contributed by atoms with Crippen molar-refractivity contribution in [1.29, 1.82) is 0 Å². The quantitative estimate of drug-likeness (QED) is 0.515. The van der Waals surface area contributed by atoms with Crippen molar-refractivity contribution in [3.63, 3.8) is 0 Å². The first-order valence-corrected chi connectivity index (χ1v) is 12.0. The zero-order valence-corrected chi connectivity index (χ0v) is 21.7. The number of aromatic nitrogens is 4. The van der Waals surface area contributed by atoms with Crippen molar-refractivity contribution >= 4 is 44.0 Å². The van der Waals surface area contributed by atoms with Gasteiger partial charge in [-0.1, -0.05) is 0 Å². The molecule has 2 aromatic heterocycles. The fourth-order valence-corrected chi connectivity index (χ4v) is 5.71. The van der Waals surface area contributed by atoms with Crippen LogP contribution < -0.4 is 9.22 Å². The van der Waals surface area contributed by atoms with Crippen molar-refractivity contribution in [2.45, 2.75) is 45.8 Å². The van der Waals surface area contributed by atoms with Gasteiger partial charge in [-0.25, -0.2) is 0 Å². The van der Waals surface area contributed by atoms with Crippen LogP contribution in [0.4, 0.5) is 0 Å². The number of rotatable bonds is 6. The van der Waals surface area contributed by atoms with Gasteiger partial charge >= 0.3 is 178 Å². The van der Waals surface area contributed by atoms with Crippen molar-refractivity contribution in [2.75, 3.05) is 26.7 Å². The van der Waals surface area contributed by atoms with E-state index in [-0.39, 0.29) is 12.1 Å². The molecule has 9 heteroatoms. The number of nitrogens with zero attached hydrogens (tertiary/aromatic N) is 5. The van der Waals surface area contributed by atoms with Crippen LogP contribution in [0, 0.1) is 13.8 Å². The molecule has 0 spiro atoms. The van der Waals surface area contributed by atoms with E-state index in [2.05, 4.69) is 28.7 Å². The van der Waals surface area contributed by atoms with E-state index in [1.165, 1.54) is 16.9 Å². The monoisotopic (exact) mass is 505 g/mol. The molecule has 1 aliphatic heterocycles. The first kappa shape index (κ1) is 22.5. The molecule has 3 atom stereocenters. The standard InChI is InChI=1S/C22H29AsClN5O2/c1-11(30)7-28-8-15(9-28)18-12(2)17(24)6-16(20(18)31-5)14(4)29-22-19(13(3)27-29)21(23)25-10-26-22/h6,10-11,14-15,30H,7-9,23H2,1-5H3/t11-,14?/m0/s1. The molecule has 0 amide bonds. The van der Waals surface area contributed by atoms with E-state index in [4.69, 9.17) is 21.4 Å². The van der Waals surface area contributed by atoms with Crippen molar-refractivity contribution < 1.29 is 9.84 Å². The Kier molecular flexibility index (Phi) is 6.32. The number of benzene rings is 1. The number of likely N-dealkylation sites (tertiary alicyclic amines) is 1. The van der Waals surface area contributed by atoms with E-state index < -0.39 is 0 Å². The van der Waals surface area contributed by atoms with E-state index in [0.717, 1.165) is 61.8 Å². The minimum atomic E-state index is -0.331. The predicted octanol–water partition coefficient (Wildman–Crippen LogP) is 1.75. The van der Waals surface area contributed by atoms with Crippen LogP contribution in [0.5, 0.6) is 5.75 Å². The molecule has 7 nitrogen and oxygen atoms in total. The zero-order valence-electron chi connectivity index (χ0n) is 18.6. The fraction of sp³-hybridized carbons (Fsp3) is 0.500. The summed E-state index contributed by atoms with van der Waals surface area (Å²) in [6.45, 7) is 10.4. The van der Waals surface area contributed by atoms with Crippen molar-refractivity contribution in [1.82, 2.24) is 24.6 Å². The number of hydrogen-bond donors (Lipinski definition) is 1. The van der Waals surface area contributed by atoms with E-state index in [1.807, 2.05) is 24.6 Å². The summed E-state index contributed by atoms with van der Waals surface area (Å²) >= 11 is 8.18. The fourth-order valence-electron chi connectivity index (χ4n) is 4.64. The second-order valence-electron chi connectivity index (χ2n) is 8.45. The van der Waals surface area contributed by atoms with Crippen molar-refractivity contribution in [3.05, 3.63) is 39.8 Å². The SMILES string of the molecule is COc1c(C(C)n2nc(C)c3c([AsH2])ncnc32)cc(Cl)c(C)c1C1CN(C[C@H](C)O)C1. The van der Waals surface area contributed by atoms with Gasteiger partial charge in [0.2, 0.25) is 0 Å². The summed E-state index contributed by atoms with van der Waals surface area (Å²) in [6, 6.07) is 1.88. The summed E-state index contributed by atoms with van der Waals surface area (Å²) in [5, 5.41) is 16.2. The summed E-state index contributed by atoms with van der Waals surface area (Å²) in [5.74, 6) is 1.19. The Hall–Kier alpha value is -1.66. The summed E-state index contributed by atoms with van der Waals surface area (Å²) < 4.78 is 8.90. The molecule has 4 rings (SSSR count). The molecule has 1 aromatic carbocycles. The summed E-state index contributed by atoms with van der Waals surface area (Å²) in [4.78, 5) is 11.1. The van der Waals surface area contributed by atoms with Gasteiger partial charge in [0, 0.05) is 0 Å². The third-order valence-corrected chi connectivity index (χ3v) is 7.46. The molecule has 3 aromatic rings. The number of ether oxygens (including phenoxy) is 1. The van der Waals surface area contributed by atoms with Gasteiger partial charge in [-0.2, -0.15) is 0 Å². The number of methoxy groups -OCH3 is 1. The molecular weight excluding hydrogens is 477 g/mol. The van der Waals surface area contributed by atoms with Crippen LogP contribution in [-0.2, 0) is 0 Å². The number of hydrogen-bond acceptors (Lipinski definition) is 6. The minimum absolute atomic E-state index is 0.113. The Morgan fingerprint density at radius 1 is 1.29 bits per heavy atom. The van der Waals surface area contributed by atoms with Crippen molar-refractivity contribution in [2.24, 2.45) is 0 Å². The Morgan fingerprint density at radius 2 is 2.00 bits per heavy atom. The Morgan fingerprint density at radius 3 is 2.65 bits per heavy atom. The number of fused-ring (bicyclic) bond motifs is 1. The second kappa shape index (κ2) is 8.70. The molecule has 166 valence electrons. The van der Waals surface area contributed by atoms with Crippen LogP contribution >= 0.6 is 11.6 Å². The van der Waals surface area contributed by atoms with E-state index in [9.17, 15) is 5.11 Å². The van der Waals surface area contributed by atoms with Gasteiger partial charge in [-0.3, -0.25) is 0 Å². The van der Waals surface area contributed by atoms with Gasteiger partial charge in [-0.15, -0.1) is 0 Å². The van der Waals surface area contributed by atoms with E-state index in [1.54, 1.807) is 13.4 Å². The molecule has 1 fully saturated rings. The zero-order chi connectivity index (χ0) is 22.4. The Bertz CT molecular complexity index is 1130. The molecule has 1 aliphatic rings. The van der Waals surface area contributed by atoms with Crippen LogP contribution in [0.2, 0.25) is 5.02 Å². The Labute approximate surface area is 196 Å². The second-order valence-corrected chi connectivity index (χ2v) is 10.0. The summed E-state index contributed by atoms with van der Waals surface area (Å²) in [6.07, 6.45) is 1.27. The van der Waals surface area contributed by atoms with Gasteiger partial charge in [-0.05, 0) is 6.92 Å². The van der Waals surface area contributed by atoms with Gasteiger partial charge < -0.3 is 5.11 Å². The van der Waals surface area contributed by atoms with E-state index >= 15 is 0 Å². The maximum atomic E-state index is 9.69. The molecule has 2 unspecified atom stereocenters. The number of aliphatic hydroxyl groups is 1.